The summed E-state index contributed by atoms with van der Waals surface area (Å²) in [5, 5.41) is 0. The Morgan fingerprint density at radius 2 is 1.53 bits per heavy atom. The van der Waals surface area contributed by atoms with Gasteiger partial charge in [-0.3, -0.25) is 4.90 Å². The molecule has 94 valence electrons. The summed E-state index contributed by atoms with van der Waals surface area (Å²) in [5.41, 5.74) is 2.20. The molecular weight excluding hydrogens is 215 g/mol. The van der Waals surface area contributed by atoms with E-state index in [0.29, 0.717) is 0 Å². The first-order valence-corrected chi connectivity index (χ1v) is 5.49. The van der Waals surface area contributed by atoms with E-state index in [1.54, 1.807) is 0 Å². The molecular formula is C12H21BN2O2. The highest BCUT2D eigenvalue weighted by Crippen LogP contribution is 2.06. The van der Waals surface area contributed by atoms with E-state index in [-0.39, 0.29) is 11.0 Å². The van der Waals surface area contributed by atoms with Crippen LogP contribution in [0, 0.1) is 0 Å². The van der Waals surface area contributed by atoms with Crippen LogP contribution in [-0.2, 0) is 6.54 Å². The Balaban J connectivity index is 0.00000128. The second-order valence-electron chi connectivity index (χ2n) is 4.32. The van der Waals surface area contributed by atoms with Crippen molar-refractivity contribution in [1.82, 2.24) is 9.80 Å². The van der Waals surface area contributed by atoms with Gasteiger partial charge in [-0.15, -0.1) is 0 Å². The molecule has 1 heterocycles. The van der Waals surface area contributed by atoms with Gasteiger partial charge in [0.1, 0.15) is 7.85 Å². The Morgan fingerprint density at radius 3 is 2.06 bits per heavy atom. The Hall–Kier alpha value is -0.875. The van der Waals surface area contributed by atoms with Gasteiger partial charge < -0.3 is 15.9 Å². The maximum absolute atomic E-state index is 5.66. The Bertz CT molecular complexity index is 311. The summed E-state index contributed by atoms with van der Waals surface area (Å²) in [6.45, 7) is 5.74. The van der Waals surface area contributed by atoms with Crippen LogP contribution in [0.5, 0.6) is 0 Å². The van der Waals surface area contributed by atoms with Crippen molar-refractivity contribution in [3.8, 4) is 0 Å². The van der Waals surface area contributed by atoms with Crippen LogP contribution in [0.25, 0.3) is 0 Å². The van der Waals surface area contributed by atoms with E-state index in [4.69, 9.17) is 7.85 Å². The second kappa shape index (κ2) is 7.45. The van der Waals surface area contributed by atoms with E-state index in [2.05, 4.69) is 29.0 Å². The maximum Gasteiger partial charge on any atom is 0.113 e. The number of likely N-dealkylation sites (N-methyl/N-ethyl adjacent to an activating group) is 1. The highest BCUT2D eigenvalue weighted by atomic mass is 16.0. The first-order valence-electron chi connectivity index (χ1n) is 5.49. The molecule has 0 amide bonds. The fourth-order valence-electron chi connectivity index (χ4n) is 1.89. The van der Waals surface area contributed by atoms with Crippen LogP contribution in [0.1, 0.15) is 5.56 Å². The summed E-state index contributed by atoms with van der Waals surface area (Å²) in [4.78, 5) is 4.87. The number of hydrogen-bond donors (Lipinski definition) is 0. The zero-order valence-electron chi connectivity index (χ0n) is 10.3. The largest absolute Gasteiger partial charge is 0.412 e. The van der Waals surface area contributed by atoms with Gasteiger partial charge in [-0.05, 0) is 12.6 Å². The molecule has 2 rings (SSSR count). The van der Waals surface area contributed by atoms with Gasteiger partial charge in [-0.2, -0.15) is 0 Å². The SMILES string of the molecule is O.O.[B]c1ccc(CN2CCN(C)CC2)cc1. The third-order valence-corrected chi connectivity index (χ3v) is 2.98. The number of rotatable bonds is 2. The van der Waals surface area contributed by atoms with Crippen molar-refractivity contribution in [2.24, 2.45) is 0 Å². The van der Waals surface area contributed by atoms with Crippen molar-refractivity contribution in [1.29, 1.82) is 0 Å². The quantitative estimate of drug-likeness (QED) is 0.591. The molecule has 1 fully saturated rings. The van der Waals surface area contributed by atoms with Crippen LogP contribution in [0.2, 0.25) is 0 Å². The van der Waals surface area contributed by atoms with Gasteiger partial charge >= 0.3 is 0 Å². The lowest BCUT2D eigenvalue weighted by molar-refractivity contribution is 0.148. The first kappa shape index (κ1) is 16.1. The molecule has 0 aromatic heterocycles. The molecule has 4 nitrogen and oxygen atoms in total. The maximum atomic E-state index is 5.66. The standard InChI is InChI=1S/C12H17BN2.2H2O/c1-14-6-8-15(9-7-14)10-11-2-4-12(13)5-3-11;;/h2-5H,6-10H2,1H3;2*1H2. The van der Waals surface area contributed by atoms with Gasteiger partial charge in [0, 0.05) is 32.7 Å². The molecule has 2 radical (unpaired) electrons. The highest BCUT2D eigenvalue weighted by Gasteiger charge is 2.13. The van der Waals surface area contributed by atoms with Crippen molar-refractivity contribution in [2.45, 2.75) is 6.54 Å². The number of benzene rings is 1. The van der Waals surface area contributed by atoms with Crippen molar-refractivity contribution in [3.63, 3.8) is 0 Å². The van der Waals surface area contributed by atoms with Gasteiger partial charge in [-0.25, -0.2) is 0 Å². The lowest BCUT2D eigenvalue weighted by atomic mass is 9.95. The highest BCUT2D eigenvalue weighted by molar-refractivity contribution is 6.32. The summed E-state index contributed by atoms with van der Waals surface area (Å²) in [6.07, 6.45) is 0. The Morgan fingerprint density at radius 1 is 1.00 bits per heavy atom. The number of nitrogens with zero attached hydrogens (tertiary/aromatic N) is 2. The summed E-state index contributed by atoms with van der Waals surface area (Å²) in [6, 6.07) is 8.19. The minimum Gasteiger partial charge on any atom is -0.412 e. The van der Waals surface area contributed by atoms with E-state index in [1.807, 2.05) is 12.1 Å². The van der Waals surface area contributed by atoms with E-state index < -0.39 is 0 Å². The average molecular weight is 236 g/mol. The van der Waals surface area contributed by atoms with Crippen molar-refractivity contribution in [3.05, 3.63) is 29.8 Å². The molecule has 1 saturated heterocycles. The monoisotopic (exact) mass is 236 g/mol. The van der Waals surface area contributed by atoms with E-state index in [9.17, 15) is 0 Å². The Labute approximate surface area is 104 Å². The summed E-state index contributed by atoms with van der Waals surface area (Å²) >= 11 is 0. The van der Waals surface area contributed by atoms with Crippen LogP contribution < -0.4 is 5.46 Å². The van der Waals surface area contributed by atoms with Gasteiger partial charge in [0.25, 0.3) is 0 Å². The molecule has 0 aliphatic carbocycles. The van der Waals surface area contributed by atoms with Crippen LogP contribution in [-0.4, -0.2) is 61.8 Å². The average Bonchev–Trinajstić information content (AvgIpc) is 2.25. The fraction of sp³-hybridized carbons (Fsp3) is 0.500. The Kier molecular flexibility index (Phi) is 7.07. The number of piperazine rings is 1. The molecule has 0 unspecified atom stereocenters. The fourth-order valence-corrected chi connectivity index (χ4v) is 1.89. The lowest BCUT2D eigenvalue weighted by Crippen LogP contribution is -2.43. The van der Waals surface area contributed by atoms with Crippen LogP contribution >= 0.6 is 0 Å². The minimum atomic E-state index is 0. The van der Waals surface area contributed by atoms with Crippen molar-refractivity contribution < 1.29 is 11.0 Å². The molecule has 0 saturated carbocycles. The van der Waals surface area contributed by atoms with Crippen LogP contribution in [0.15, 0.2) is 24.3 Å². The van der Waals surface area contributed by atoms with Crippen molar-refractivity contribution in [2.75, 3.05) is 33.2 Å². The van der Waals surface area contributed by atoms with Crippen LogP contribution in [0.3, 0.4) is 0 Å². The minimum absolute atomic E-state index is 0. The zero-order valence-corrected chi connectivity index (χ0v) is 10.3. The topological polar surface area (TPSA) is 69.5 Å². The van der Waals surface area contributed by atoms with Gasteiger partial charge in [0.15, 0.2) is 0 Å². The third-order valence-electron chi connectivity index (χ3n) is 2.98. The molecule has 1 aliphatic rings. The number of hydrogen-bond acceptors (Lipinski definition) is 2. The zero-order chi connectivity index (χ0) is 10.7. The summed E-state index contributed by atoms with van der Waals surface area (Å²) < 4.78 is 0. The summed E-state index contributed by atoms with van der Waals surface area (Å²) in [5.74, 6) is 0. The normalized spacial score (nSPS) is 17.0. The lowest BCUT2D eigenvalue weighted by Gasteiger charge is -2.32. The van der Waals surface area contributed by atoms with Crippen LogP contribution in [0.4, 0.5) is 0 Å². The predicted octanol–water partition coefficient (Wildman–Crippen LogP) is -1.42. The van der Waals surface area contributed by atoms with E-state index >= 15 is 0 Å². The van der Waals surface area contributed by atoms with Crippen molar-refractivity contribution >= 4 is 13.3 Å². The molecule has 4 N–H and O–H groups in total. The molecule has 1 aromatic carbocycles. The summed E-state index contributed by atoms with van der Waals surface area (Å²) in [7, 11) is 7.84. The van der Waals surface area contributed by atoms with Gasteiger partial charge in [0.05, 0.1) is 0 Å². The van der Waals surface area contributed by atoms with Gasteiger partial charge in [-0.1, -0.05) is 29.7 Å². The van der Waals surface area contributed by atoms with Gasteiger partial charge in [0.2, 0.25) is 0 Å². The molecule has 1 aromatic rings. The molecule has 0 bridgehead atoms. The molecule has 0 atom stereocenters. The second-order valence-corrected chi connectivity index (χ2v) is 4.32. The van der Waals surface area contributed by atoms with E-state index in [0.717, 1.165) is 12.0 Å². The molecule has 5 heteroatoms. The predicted molar refractivity (Wildman–Crippen MR) is 71.8 cm³/mol. The molecule has 17 heavy (non-hydrogen) atoms. The molecule has 1 aliphatic heterocycles. The smallest absolute Gasteiger partial charge is 0.113 e. The third kappa shape index (κ3) is 4.87. The first-order chi connectivity index (χ1) is 7.24. The van der Waals surface area contributed by atoms with E-state index in [1.165, 1.54) is 31.7 Å². The molecule has 0 spiro atoms.